The fraction of sp³-hybridized carbons (Fsp3) is 0. The molecule has 0 radical (unpaired) electrons. The van der Waals surface area contributed by atoms with Crippen LogP contribution in [-0.2, 0) is 0 Å². The largest absolute Gasteiger partial charge is 0.310 e. The lowest BCUT2D eigenvalue weighted by molar-refractivity contribution is 1.18. The van der Waals surface area contributed by atoms with Gasteiger partial charge in [-0.05, 0) is 162 Å². The summed E-state index contributed by atoms with van der Waals surface area (Å²) in [6.07, 6.45) is 0. The van der Waals surface area contributed by atoms with Crippen molar-refractivity contribution in [2.24, 2.45) is 0 Å². The first-order valence-electron chi connectivity index (χ1n) is 26.1. The number of aromatic nitrogens is 1. The molecule has 2 nitrogen and oxygen atoms in total. The fourth-order valence-electron chi connectivity index (χ4n) is 11.3. The van der Waals surface area contributed by atoms with Gasteiger partial charge in [-0.2, -0.15) is 0 Å². The van der Waals surface area contributed by atoms with E-state index in [0.29, 0.717) is 0 Å². The van der Waals surface area contributed by atoms with Crippen molar-refractivity contribution in [2.75, 3.05) is 4.90 Å². The Morgan fingerprint density at radius 2 is 0.645 bits per heavy atom. The first kappa shape index (κ1) is 44.7. The highest BCUT2D eigenvalue weighted by atomic mass is 15.1. The molecule has 0 aliphatic carbocycles. The number of para-hydroxylation sites is 2. The number of fused-ring (bicyclic) bond motifs is 5. The van der Waals surface area contributed by atoms with Gasteiger partial charge in [0.1, 0.15) is 0 Å². The van der Waals surface area contributed by atoms with Gasteiger partial charge in [0.2, 0.25) is 0 Å². The molecule has 0 aliphatic rings. The zero-order valence-corrected chi connectivity index (χ0v) is 41.8. The molecule has 13 aromatic carbocycles. The van der Waals surface area contributed by atoms with E-state index in [0.717, 1.165) is 50.5 Å². The highest BCUT2D eigenvalue weighted by molar-refractivity contribution is 6.11. The maximum atomic E-state index is 2.46. The Labute approximate surface area is 443 Å². The van der Waals surface area contributed by atoms with E-state index in [9.17, 15) is 0 Å². The number of anilines is 3. The maximum absolute atomic E-state index is 2.46. The van der Waals surface area contributed by atoms with Gasteiger partial charge in [-0.15, -0.1) is 0 Å². The van der Waals surface area contributed by atoms with Gasteiger partial charge in [0.25, 0.3) is 0 Å². The minimum absolute atomic E-state index is 1.11. The van der Waals surface area contributed by atoms with Crippen LogP contribution in [0.25, 0.3) is 116 Å². The van der Waals surface area contributed by atoms with Gasteiger partial charge in [-0.3, -0.25) is 0 Å². The Bertz CT molecular complexity index is 4270. The Kier molecular flexibility index (Phi) is 11.2. The minimum Gasteiger partial charge on any atom is -0.310 e. The number of hydrogen-bond acceptors (Lipinski definition) is 1. The molecule has 0 unspecified atom stereocenters. The smallest absolute Gasteiger partial charge is 0.0541 e. The molecule has 1 aromatic heterocycles. The summed E-state index contributed by atoms with van der Waals surface area (Å²) in [6, 6.07) is 111. The van der Waals surface area contributed by atoms with Crippen LogP contribution in [0.2, 0.25) is 0 Å². The van der Waals surface area contributed by atoms with Crippen molar-refractivity contribution >= 4 is 60.4 Å². The average molecular weight is 967 g/mol. The molecular formula is C74H50N2. The van der Waals surface area contributed by atoms with E-state index < -0.39 is 0 Å². The monoisotopic (exact) mass is 966 g/mol. The third-order valence-corrected chi connectivity index (χ3v) is 15.1. The van der Waals surface area contributed by atoms with Crippen molar-refractivity contribution in [3.05, 3.63) is 303 Å². The topological polar surface area (TPSA) is 8.17 Å². The molecule has 356 valence electrons. The van der Waals surface area contributed by atoms with Crippen LogP contribution in [0, 0.1) is 0 Å². The minimum atomic E-state index is 1.11. The van der Waals surface area contributed by atoms with Gasteiger partial charge >= 0.3 is 0 Å². The van der Waals surface area contributed by atoms with Gasteiger partial charge in [0, 0.05) is 33.4 Å². The molecule has 0 bridgehead atoms. The van der Waals surface area contributed by atoms with Crippen LogP contribution >= 0.6 is 0 Å². The van der Waals surface area contributed by atoms with E-state index in [1.165, 1.54) is 82.3 Å². The second kappa shape index (κ2) is 19.1. The van der Waals surface area contributed by atoms with Crippen LogP contribution in [0.5, 0.6) is 0 Å². The molecule has 0 saturated carbocycles. The summed E-state index contributed by atoms with van der Waals surface area (Å²) >= 11 is 0. The summed E-state index contributed by atoms with van der Waals surface area (Å²) in [6.45, 7) is 0. The zero-order valence-electron chi connectivity index (χ0n) is 41.8. The summed E-state index contributed by atoms with van der Waals surface area (Å²) in [5, 5.41) is 7.30. The van der Waals surface area contributed by atoms with Gasteiger partial charge < -0.3 is 9.47 Å². The molecule has 0 N–H and O–H groups in total. The second-order valence-electron chi connectivity index (χ2n) is 19.7. The van der Waals surface area contributed by atoms with Gasteiger partial charge in [0.15, 0.2) is 0 Å². The highest BCUT2D eigenvalue weighted by Gasteiger charge is 2.20. The average Bonchev–Trinajstić information content (AvgIpc) is 3.86. The van der Waals surface area contributed by atoms with Crippen molar-refractivity contribution in [2.45, 2.75) is 0 Å². The number of nitrogens with zero attached hydrogens (tertiary/aromatic N) is 2. The lowest BCUT2D eigenvalue weighted by Crippen LogP contribution is -2.11. The molecule has 14 rings (SSSR count). The predicted octanol–water partition coefficient (Wildman–Crippen LogP) is 20.6. The predicted molar refractivity (Wildman–Crippen MR) is 323 cm³/mol. The summed E-state index contributed by atoms with van der Waals surface area (Å²) in [7, 11) is 0. The second-order valence-corrected chi connectivity index (χ2v) is 19.7. The normalized spacial score (nSPS) is 11.4. The number of hydrogen-bond donors (Lipinski definition) is 0. The van der Waals surface area contributed by atoms with E-state index in [4.69, 9.17) is 0 Å². The highest BCUT2D eigenvalue weighted by Crippen LogP contribution is 2.44. The van der Waals surface area contributed by atoms with Crippen molar-refractivity contribution in [1.29, 1.82) is 0 Å². The van der Waals surface area contributed by atoms with E-state index in [1.54, 1.807) is 0 Å². The molecule has 0 spiro atoms. The van der Waals surface area contributed by atoms with Crippen LogP contribution in [0.1, 0.15) is 0 Å². The van der Waals surface area contributed by atoms with E-state index in [-0.39, 0.29) is 0 Å². The van der Waals surface area contributed by atoms with Gasteiger partial charge in [-0.1, -0.05) is 224 Å². The van der Waals surface area contributed by atoms with Crippen LogP contribution < -0.4 is 4.90 Å². The molecular weight excluding hydrogens is 917 g/mol. The quantitative estimate of drug-likeness (QED) is 0.133. The Hall–Kier alpha value is -10.0. The lowest BCUT2D eigenvalue weighted by Gasteiger charge is -2.28. The maximum Gasteiger partial charge on any atom is 0.0541 e. The van der Waals surface area contributed by atoms with Crippen molar-refractivity contribution in [3.63, 3.8) is 0 Å². The summed E-state index contributed by atoms with van der Waals surface area (Å²) in [5.74, 6) is 0. The van der Waals surface area contributed by atoms with Crippen molar-refractivity contribution < 1.29 is 0 Å². The summed E-state index contributed by atoms with van der Waals surface area (Å²) < 4.78 is 2.46. The molecule has 0 atom stereocenters. The lowest BCUT2D eigenvalue weighted by atomic mass is 9.94. The molecule has 0 amide bonds. The van der Waals surface area contributed by atoms with E-state index in [1.807, 2.05) is 0 Å². The Morgan fingerprint density at radius 3 is 1.25 bits per heavy atom. The van der Waals surface area contributed by atoms with Crippen LogP contribution in [0.3, 0.4) is 0 Å². The Balaban J connectivity index is 0.867. The molecule has 14 aromatic rings. The third-order valence-electron chi connectivity index (χ3n) is 15.1. The standard InChI is InChI=1S/C74H50N2/c1-3-17-51(18-4-1)57-25-15-27-59(43-57)64-45-65(60-28-16-26-58(44-60)52-19-5-2-6-20-52)49-68(48-64)76-73-32-14-12-30-70(73)71-50-63(39-42-74(71)76)55-33-35-56(36-34-55)69-29-11-13-31-72(69)75(66-40-37-53-21-7-9-23-61(53)46-66)67-41-38-54-22-8-10-24-62(54)47-67/h1-50H. The first-order valence-corrected chi connectivity index (χ1v) is 26.1. The van der Waals surface area contributed by atoms with E-state index >= 15 is 0 Å². The molecule has 0 fully saturated rings. The molecule has 76 heavy (non-hydrogen) atoms. The van der Waals surface area contributed by atoms with Gasteiger partial charge in [0.05, 0.1) is 16.7 Å². The SMILES string of the molecule is c1ccc(-c2cccc(-c3cc(-c4cccc(-c5ccccc5)c4)cc(-n4c5ccccc5c5cc(-c6ccc(-c7ccccc7N(c7ccc8ccccc8c7)c7ccc8ccccc8c7)cc6)ccc54)c3)c2)cc1. The van der Waals surface area contributed by atoms with Gasteiger partial charge in [-0.25, -0.2) is 0 Å². The summed E-state index contributed by atoms with van der Waals surface area (Å²) in [4.78, 5) is 2.41. The van der Waals surface area contributed by atoms with Crippen LogP contribution in [0.15, 0.2) is 303 Å². The number of benzene rings is 13. The molecule has 2 heteroatoms. The molecule has 1 heterocycles. The van der Waals surface area contributed by atoms with E-state index in [2.05, 4.69) is 313 Å². The van der Waals surface area contributed by atoms with Crippen molar-refractivity contribution in [3.8, 4) is 72.4 Å². The molecule has 0 aliphatic heterocycles. The fourth-order valence-corrected chi connectivity index (χ4v) is 11.3. The number of rotatable bonds is 10. The molecule has 0 saturated heterocycles. The van der Waals surface area contributed by atoms with Crippen LogP contribution in [-0.4, -0.2) is 4.57 Å². The first-order chi connectivity index (χ1) is 37.6. The van der Waals surface area contributed by atoms with Crippen LogP contribution in [0.4, 0.5) is 17.1 Å². The van der Waals surface area contributed by atoms with Crippen molar-refractivity contribution in [1.82, 2.24) is 4.57 Å². The third kappa shape index (κ3) is 8.29. The zero-order chi connectivity index (χ0) is 50.4. The Morgan fingerprint density at radius 1 is 0.224 bits per heavy atom. The summed E-state index contributed by atoms with van der Waals surface area (Å²) in [5.41, 5.74) is 20.9.